The Kier molecular flexibility index (Phi) is 7.96. The number of aromatic carboxylic acids is 1. The number of amides is 1. The monoisotopic (exact) mass is 562 g/mol. The molecule has 3 aromatic carbocycles. The third-order valence-corrected chi connectivity index (χ3v) is 7.27. The van der Waals surface area contributed by atoms with Crippen LogP contribution in [-0.2, 0) is 6.54 Å². The van der Waals surface area contributed by atoms with Gasteiger partial charge < -0.3 is 25.9 Å². The summed E-state index contributed by atoms with van der Waals surface area (Å²) in [6.45, 7) is 2.21. The minimum atomic E-state index is -1.11. The predicted octanol–water partition coefficient (Wildman–Crippen LogP) is 5.09. The van der Waals surface area contributed by atoms with Crippen LogP contribution in [0.1, 0.15) is 62.5 Å². The lowest BCUT2D eigenvalue weighted by molar-refractivity contribution is 0.0697. The number of H-pyrrole nitrogens is 1. The van der Waals surface area contributed by atoms with Crippen molar-refractivity contribution in [3.63, 3.8) is 0 Å². The van der Waals surface area contributed by atoms with E-state index in [0.717, 1.165) is 22.0 Å². The van der Waals surface area contributed by atoms with Crippen LogP contribution >= 0.6 is 0 Å². The molecule has 1 atom stereocenters. The van der Waals surface area contributed by atoms with Crippen molar-refractivity contribution in [2.45, 2.75) is 25.8 Å². The first-order valence-electron chi connectivity index (χ1n) is 13.4. The minimum absolute atomic E-state index is 0.0178. The van der Waals surface area contributed by atoms with E-state index in [4.69, 9.17) is 15.9 Å². The Morgan fingerprint density at radius 2 is 1.79 bits per heavy atom. The Labute approximate surface area is 242 Å². The first-order valence-corrected chi connectivity index (χ1v) is 13.4. The van der Waals surface area contributed by atoms with Crippen LogP contribution in [-0.4, -0.2) is 44.9 Å². The second-order valence-electron chi connectivity index (χ2n) is 9.75. The van der Waals surface area contributed by atoms with Crippen molar-refractivity contribution in [1.82, 2.24) is 20.3 Å². The van der Waals surface area contributed by atoms with Gasteiger partial charge >= 0.3 is 5.97 Å². The SMILES string of the molecule is CCC(c1ccc(C(=O)NCc2ncccn2)cc1-c1ccc(OC)cc1C(=O)O)c1c[nH]c2cc(C(=N)N)ccc12. The summed E-state index contributed by atoms with van der Waals surface area (Å²) in [7, 11) is 1.48. The highest BCUT2D eigenvalue weighted by molar-refractivity contribution is 6.01. The summed E-state index contributed by atoms with van der Waals surface area (Å²) in [5.74, 6) is -0.713. The van der Waals surface area contributed by atoms with Crippen molar-refractivity contribution in [3.05, 3.63) is 113 Å². The van der Waals surface area contributed by atoms with Crippen molar-refractivity contribution < 1.29 is 19.4 Å². The Morgan fingerprint density at radius 1 is 1.02 bits per heavy atom. The number of nitrogen functional groups attached to an aromatic ring is 1. The lowest BCUT2D eigenvalue weighted by atomic mass is 9.82. The summed E-state index contributed by atoms with van der Waals surface area (Å²) in [6, 6.07) is 17.5. The number of carboxylic acids is 1. The van der Waals surface area contributed by atoms with Crippen LogP contribution in [0.25, 0.3) is 22.0 Å². The molecular weight excluding hydrogens is 532 g/mol. The van der Waals surface area contributed by atoms with Crippen LogP contribution in [0.15, 0.2) is 79.3 Å². The third-order valence-electron chi connectivity index (χ3n) is 7.27. The van der Waals surface area contributed by atoms with E-state index in [1.54, 1.807) is 42.7 Å². The highest BCUT2D eigenvalue weighted by Gasteiger charge is 2.24. The summed E-state index contributed by atoms with van der Waals surface area (Å²) in [5.41, 5.74) is 10.6. The molecule has 0 saturated heterocycles. The number of fused-ring (bicyclic) bond motifs is 1. The molecule has 5 aromatic rings. The van der Waals surface area contributed by atoms with Gasteiger partial charge in [0, 0.05) is 46.5 Å². The number of rotatable bonds is 10. The molecule has 0 radical (unpaired) electrons. The number of aromatic nitrogens is 3. The fourth-order valence-electron chi connectivity index (χ4n) is 5.19. The van der Waals surface area contributed by atoms with E-state index < -0.39 is 5.97 Å². The molecule has 2 aromatic heterocycles. The van der Waals surface area contributed by atoms with Crippen molar-refractivity contribution in [2.24, 2.45) is 5.73 Å². The van der Waals surface area contributed by atoms with Gasteiger partial charge in [-0.1, -0.05) is 25.1 Å². The molecule has 2 heterocycles. The number of ether oxygens (including phenoxy) is 1. The maximum atomic E-state index is 13.2. The Balaban J connectivity index is 1.63. The summed E-state index contributed by atoms with van der Waals surface area (Å²) in [6.07, 6.45) is 5.84. The number of hydrogen-bond acceptors (Lipinski definition) is 6. The summed E-state index contributed by atoms with van der Waals surface area (Å²) < 4.78 is 5.30. The molecule has 10 heteroatoms. The molecule has 0 bridgehead atoms. The minimum Gasteiger partial charge on any atom is -0.497 e. The average Bonchev–Trinajstić information content (AvgIpc) is 3.43. The second-order valence-corrected chi connectivity index (χ2v) is 9.75. The Morgan fingerprint density at radius 3 is 2.48 bits per heavy atom. The van der Waals surface area contributed by atoms with Crippen LogP contribution in [0.2, 0.25) is 0 Å². The van der Waals surface area contributed by atoms with Gasteiger partial charge in [-0.25, -0.2) is 14.8 Å². The van der Waals surface area contributed by atoms with Crippen molar-refractivity contribution in [2.75, 3.05) is 7.11 Å². The average molecular weight is 563 g/mol. The fourth-order valence-corrected chi connectivity index (χ4v) is 5.19. The smallest absolute Gasteiger partial charge is 0.336 e. The van der Waals surface area contributed by atoms with Gasteiger partial charge in [0.1, 0.15) is 17.4 Å². The zero-order valence-corrected chi connectivity index (χ0v) is 23.1. The van der Waals surface area contributed by atoms with Gasteiger partial charge in [0.2, 0.25) is 0 Å². The quantitative estimate of drug-likeness (QED) is 0.117. The van der Waals surface area contributed by atoms with E-state index >= 15 is 0 Å². The summed E-state index contributed by atoms with van der Waals surface area (Å²) in [5, 5.41) is 21.7. The number of hydrogen-bond donors (Lipinski definition) is 5. The lowest BCUT2D eigenvalue weighted by Crippen LogP contribution is -2.24. The number of aromatic amines is 1. The van der Waals surface area contributed by atoms with Crippen LogP contribution in [0.5, 0.6) is 5.75 Å². The van der Waals surface area contributed by atoms with Gasteiger partial charge in [-0.15, -0.1) is 0 Å². The molecule has 42 heavy (non-hydrogen) atoms. The number of nitrogens with zero attached hydrogens (tertiary/aromatic N) is 2. The number of amidine groups is 1. The number of nitrogens with two attached hydrogens (primary N) is 1. The molecule has 0 aliphatic rings. The molecule has 1 unspecified atom stereocenters. The maximum absolute atomic E-state index is 13.2. The van der Waals surface area contributed by atoms with E-state index in [1.165, 1.54) is 13.2 Å². The molecule has 5 rings (SSSR count). The van der Waals surface area contributed by atoms with Gasteiger partial charge in [0.05, 0.1) is 19.2 Å². The number of carbonyl (C=O) groups is 2. The second kappa shape index (κ2) is 11.9. The van der Waals surface area contributed by atoms with Gasteiger partial charge in [-0.2, -0.15) is 0 Å². The highest BCUT2D eigenvalue weighted by Crippen LogP contribution is 2.40. The van der Waals surface area contributed by atoms with Gasteiger partial charge in [-0.05, 0) is 71.1 Å². The standard InChI is InChI=1S/C32H30N6O4/c1-3-21(27-16-37-28-14-18(30(33)34)5-9-24(27)28)22-8-6-19(31(39)38-17-29-35-11-4-12-36-29)13-25(22)23-10-7-20(42-2)15-26(23)32(40)41/h4-16,21,37H,3,17H2,1-2H3,(H3,33,34)(H,38,39)(H,40,41). The largest absolute Gasteiger partial charge is 0.497 e. The molecule has 0 spiro atoms. The molecule has 1 amide bonds. The topological polar surface area (TPSA) is 167 Å². The molecule has 10 nitrogen and oxygen atoms in total. The van der Waals surface area contributed by atoms with Gasteiger partial charge in [0.25, 0.3) is 5.91 Å². The van der Waals surface area contributed by atoms with Gasteiger partial charge in [0.15, 0.2) is 0 Å². The van der Waals surface area contributed by atoms with Crippen molar-refractivity contribution in [3.8, 4) is 16.9 Å². The predicted molar refractivity (Wildman–Crippen MR) is 160 cm³/mol. The molecule has 0 aliphatic heterocycles. The van der Waals surface area contributed by atoms with Crippen LogP contribution in [0, 0.1) is 5.41 Å². The summed E-state index contributed by atoms with van der Waals surface area (Å²) in [4.78, 5) is 37.2. The third kappa shape index (κ3) is 5.55. The first kappa shape index (κ1) is 28.0. The number of benzene rings is 3. The fraction of sp³-hybridized carbons (Fsp3) is 0.156. The molecule has 6 N–H and O–H groups in total. The van der Waals surface area contributed by atoms with E-state index in [2.05, 4.69) is 27.2 Å². The molecule has 0 fully saturated rings. The van der Waals surface area contributed by atoms with Crippen molar-refractivity contribution >= 4 is 28.6 Å². The van der Waals surface area contributed by atoms with Crippen LogP contribution in [0.4, 0.5) is 0 Å². The lowest BCUT2D eigenvalue weighted by Gasteiger charge is -2.22. The number of methoxy groups -OCH3 is 1. The molecule has 0 aliphatic carbocycles. The van der Waals surface area contributed by atoms with Crippen LogP contribution < -0.4 is 15.8 Å². The van der Waals surface area contributed by atoms with E-state index in [9.17, 15) is 14.7 Å². The Hall–Kier alpha value is -5.51. The van der Waals surface area contributed by atoms with E-state index in [0.29, 0.717) is 40.2 Å². The normalized spacial score (nSPS) is 11.7. The number of carbonyl (C=O) groups excluding carboxylic acids is 1. The zero-order valence-electron chi connectivity index (χ0n) is 23.1. The number of nitrogens with one attached hydrogen (secondary N) is 3. The molecule has 212 valence electrons. The Bertz CT molecular complexity index is 1800. The van der Waals surface area contributed by atoms with Gasteiger partial charge in [-0.3, -0.25) is 10.2 Å². The maximum Gasteiger partial charge on any atom is 0.336 e. The zero-order chi connectivity index (χ0) is 29.8. The highest BCUT2D eigenvalue weighted by atomic mass is 16.5. The van der Waals surface area contributed by atoms with Crippen LogP contribution in [0.3, 0.4) is 0 Å². The summed E-state index contributed by atoms with van der Waals surface area (Å²) >= 11 is 0. The van der Waals surface area contributed by atoms with E-state index in [-0.39, 0.29) is 29.8 Å². The molecular formula is C32H30N6O4. The number of carboxylic acid groups (broad SMARTS) is 1. The first-order chi connectivity index (χ1) is 20.3. The van der Waals surface area contributed by atoms with Crippen molar-refractivity contribution in [1.29, 1.82) is 5.41 Å². The molecule has 0 saturated carbocycles. The van der Waals surface area contributed by atoms with E-state index in [1.807, 2.05) is 30.5 Å².